The Morgan fingerprint density at radius 3 is 2.89 bits per heavy atom. The molecule has 1 aliphatic rings. The van der Waals surface area contributed by atoms with Crippen molar-refractivity contribution in [1.29, 1.82) is 0 Å². The topological polar surface area (TPSA) is 20.3 Å². The molecule has 0 aliphatic heterocycles. The van der Waals surface area contributed by atoms with Gasteiger partial charge in [0.15, 0.2) is 0 Å². The van der Waals surface area contributed by atoms with Crippen molar-refractivity contribution in [2.45, 2.75) is 46.6 Å². The largest absolute Gasteiger partial charge is 0.299 e. The summed E-state index contributed by atoms with van der Waals surface area (Å²) in [5.74, 6) is 0.715. The molecule has 1 aliphatic carbocycles. The molecule has 2 rings (SSSR count). The van der Waals surface area contributed by atoms with Crippen LogP contribution in [0.1, 0.15) is 44.9 Å². The Kier molecular flexibility index (Phi) is 4.80. The molecule has 1 unspecified atom stereocenters. The highest BCUT2D eigenvalue weighted by Gasteiger charge is 2.37. The summed E-state index contributed by atoms with van der Waals surface area (Å²) in [5, 5.41) is 2.12. The van der Waals surface area contributed by atoms with Crippen molar-refractivity contribution in [3.05, 3.63) is 22.4 Å². The second kappa shape index (κ2) is 6.19. The van der Waals surface area contributed by atoms with E-state index in [4.69, 9.17) is 0 Å². The number of hydrogen-bond acceptors (Lipinski definition) is 3. The van der Waals surface area contributed by atoms with Gasteiger partial charge in [-0.15, -0.1) is 11.3 Å². The Morgan fingerprint density at radius 1 is 1.47 bits per heavy atom. The minimum absolute atomic E-state index is 0.106. The molecule has 0 N–H and O–H groups in total. The van der Waals surface area contributed by atoms with Crippen LogP contribution in [0.15, 0.2) is 17.5 Å². The lowest BCUT2D eigenvalue weighted by atomic mass is 9.71. The van der Waals surface area contributed by atoms with Gasteiger partial charge in [-0.3, -0.25) is 9.69 Å². The van der Waals surface area contributed by atoms with Crippen molar-refractivity contribution in [1.82, 2.24) is 4.90 Å². The summed E-state index contributed by atoms with van der Waals surface area (Å²) in [6.45, 7) is 9.33. The van der Waals surface area contributed by atoms with Crippen molar-refractivity contribution in [2.75, 3.05) is 13.1 Å². The number of Topliss-reactive ketones (excluding diaryl/α,β-unsaturated/α-hetero) is 1. The molecule has 1 aromatic heterocycles. The van der Waals surface area contributed by atoms with Gasteiger partial charge in [0.1, 0.15) is 5.78 Å². The van der Waals surface area contributed by atoms with Crippen LogP contribution in [0.3, 0.4) is 0 Å². The number of thiophene rings is 1. The zero-order valence-electron chi connectivity index (χ0n) is 12.3. The maximum Gasteiger partial charge on any atom is 0.142 e. The standard InChI is InChI=1S/C16H25NOS/c1-4-17(12-14-8-6-10-19-14)11-13-7-5-9-16(2,3)15(13)18/h6,8,10,13H,4-5,7,9,11-12H2,1-3H3. The number of hydrogen-bond donors (Lipinski definition) is 0. The molecule has 0 radical (unpaired) electrons. The second-order valence-electron chi connectivity index (χ2n) is 6.24. The van der Waals surface area contributed by atoms with Crippen LogP contribution in [0, 0.1) is 11.3 Å². The first-order valence-corrected chi connectivity index (χ1v) is 8.20. The molecule has 106 valence electrons. The van der Waals surface area contributed by atoms with E-state index >= 15 is 0 Å². The fourth-order valence-electron chi connectivity index (χ4n) is 3.01. The molecule has 0 amide bonds. The lowest BCUT2D eigenvalue weighted by Crippen LogP contribution is -2.41. The highest BCUT2D eigenvalue weighted by Crippen LogP contribution is 2.35. The smallest absolute Gasteiger partial charge is 0.142 e. The van der Waals surface area contributed by atoms with E-state index in [1.807, 2.05) is 0 Å². The summed E-state index contributed by atoms with van der Waals surface area (Å²) < 4.78 is 0. The molecule has 0 saturated heterocycles. The maximum atomic E-state index is 12.5. The normalized spacial score (nSPS) is 22.9. The van der Waals surface area contributed by atoms with Gasteiger partial charge >= 0.3 is 0 Å². The van der Waals surface area contributed by atoms with Gasteiger partial charge in [-0.2, -0.15) is 0 Å². The number of rotatable bonds is 5. The van der Waals surface area contributed by atoms with E-state index in [9.17, 15) is 4.79 Å². The molecule has 0 bridgehead atoms. The van der Waals surface area contributed by atoms with Gasteiger partial charge in [0.25, 0.3) is 0 Å². The Bertz CT molecular complexity index is 410. The highest BCUT2D eigenvalue weighted by molar-refractivity contribution is 7.09. The van der Waals surface area contributed by atoms with Crippen LogP contribution in [0.25, 0.3) is 0 Å². The van der Waals surface area contributed by atoms with Gasteiger partial charge in [-0.05, 0) is 30.8 Å². The van der Waals surface area contributed by atoms with E-state index in [0.29, 0.717) is 5.78 Å². The lowest BCUT2D eigenvalue weighted by Gasteiger charge is -2.36. The third kappa shape index (κ3) is 3.67. The molecule has 1 saturated carbocycles. The van der Waals surface area contributed by atoms with E-state index in [1.54, 1.807) is 11.3 Å². The van der Waals surface area contributed by atoms with Crippen molar-refractivity contribution in [2.24, 2.45) is 11.3 Å². The maximum absolute atomic E-state index is 12.5. The van der Waals surface area contributed by atoms with Crippen LogP contribution in [0.4, 0.5) is 0 Å². The molecular formula is C16H25NOS. The SMILES string of the molecule is CCN(Cc1cccs1)CC1CCCC(C)(C)C1=O. The van der Waals surface area contributed by atoms with Crippen molar-refractivity contribution < 1.29 is 4.79 Å². The average Bonchev–Trinajstić information content (AvgIpc) is 2.86. The third-order valence-electron chi connectivity index (χ3n) is 4.28. The first-order chi connectivity index (χ1) is 9.03. The van der Waals surface area contributed by atoms with Crippen molar-refractivity contribution in [3.63, 3.8) is 0 Å². The zero-order chi connectivity index (χ0) is 13.9. The van der Waals surface area contributed by atoms with Gasteiger partial charge in [0, 0.05) is 29.3 Å². The van der Waals surface area contributed by atoms with Crippen LogP contribution < -0.4 is 0 Å². The molecule has 1 aromatic rings. The predicted octanol–water partition coefficient (Wildman–Crippen LogP) is 3.97. The van der Waals surface area contributed by atoms with Crippen LogP contribution >= 0.6 is 11.3 Å². The molecule has 1 atom stereocenters. The number of nitrogens with zero attached hydrogens (tertiary/aromatic N) is 1. The first-order valence-electron chi connectivity index (χ1n) is 7.32. The quantitative estimate of drug-likeness (QED) is 0.813. The van der Waals surface area contributed by atoms with Gasteiger partial charge in [-0.1, -0.05) is 33.3 Å². The number of carbonyl (C=O) groups is 1. The van der Waals surface area contributed by atoms with E-state index in [1.165, 1.54) is 11.3 Å². The average molecular weight is 279 g/mol. The van der Waals surface area contributed by atoms with Crippen LogP contribution in [-0.4, -0.2) is 23.8 Å². The van der Waals surface area contributed by atoms with Gasteiger partial charge in [0.2, 0.25) is 0 Å². The summed E-state index contributed by atoms with van der Waals surface area (Å²) in [5.41, 5.74) is -0.106. The molecule has 2 nitrogen and oxygen atoms in total. The fraction of sp³-hybridized carbons (Fsp3) is 0.688. The molecule has 19 heavy (non-hydrogen) atoms. The second-order valence-corrected chi connectivity index (χ2v) is 7.28. The predicted molar refractivity (Wildman–Crippen MR) is 81.4 cm³/mol. The number of ketones is 1. The van der Waals surface area contributed by atoms with Crippen molar-refractivity contribution >= 4 is 17.1 Å². The Labute approximate surface area is 120 Å². The molecule has 0 aromatic carbocycles. The van der Waals surface area contributed by atoms with Crippen LogP contribution in [0.5, 0.6) is 0 Å². The minimum Gasteiger partial charge on any atom is -0.299 e. The van der Waals surface area contributed by atoms with Gasteiger partial charge < -0.3 is 0 Å². The Morgan fingerprint density at radius 2 is 2.26 bits per heavy atom. The molecule has 1 fully saturated rings. The number of carbonyl (C=O) groups excluding carboxylic acids is 1. The molecule has 3 heteroatoms. The third-order valence-corrected chi connectivity index (χ3v) is 5.14. The fourth-order valence-corrected chi connectivity index (χ4v) is 3.76. The zero-order valence-corrected chi connectivity index (χ0v) is 13.1. The summed E-state index contributed by atoms with van der Waals surface area (Å²) in [7, 11) is 0. The molecular weight excluding hydrogens is 254 g/mol. The Hall–Kier alpha value is -0.670. The first kappa shape index (κ1) is 14.7. The highest BCUT2D eigenvalue weighted by atomic mass is 32.1. The lowest BCUT2D eigenvalue weighted by molar-refractivity contribution is -0.135. The Balaban J connectivity index is 1.96. The molecule has 0 spiro atoms. The monoisotopic (exact) mass is 279 g/mol. The molecule has 1 heterocycles. The van der Waals surface area contributed by atoms with E-state index in [2.05, 4.69) is 43.2 Å². The minimum atomic E-state index is -0.106. The van der Waals surface area contributed by atoms with Crippen molar-refractivity contribution in [3.8, 4) is 0 Å². The van der Waals surface area contributed by atoms with Crippen LogP contribution in [-0.2, 0) is 11.3 Å². The summed E-state index contributed by atoms with van der Waals surface area (Å²) >= 11 is 1.80. The van der Waals surface area contributed by atoms with Gasteiger partial charge in [0.05, 0.1) is 0 Å². The van der Waals surface area contributed by atoms with Crippen LogP contribution in [0.2, 0.25) is 0 Å². The van der Waals surface area contributed by atoms with E-state index < -0.39 is 0 Å². The summed E-state index contributed by atoms with van der Waals surface area (Å²) in [6, 6.07) is 4.28. The summed E-state index contributed by atoms with van der Waals surface area (Å²) in [4.78, 5) is 16.3. The van der Waals surface area contributed by atoms with E-state index in [0.717, 1.165) is 32.5 Å². The van der Waals surface area contributed by atoms with Gasteiger partial charge in [-0.25, -0.2) is 0 Å². The summed E-state index contributed by atoms with van der Waals surface area (Å²) in [6.07, 6.45) is 3.32. The van der Waals surface area contributed by atoms with E-state index in [-0.39, 0.29) is 11.3 Å².